The van der Waals surface area contributed by atoms with Gasteiger partial charge in [0.1, 0.15) is 11.4 Å². The molecule has 3 rings (SSSR count). The maximum atomic E-state index is 12.5. The van der Waals surface area contributed by atoms with Crippen molar-refractivity contribution in [3.8, 4) is 0 Å². The van der Waals surface area contributed by atoms with Crippen LogP contribution in [0.4, 0.5) is 0 Å². The van der Waals surface area contributed by atoms with E-state index in [-0.39, 0.29) is 11.9 Å². The Hall–Kier alpha value is -2.41. The van der Waals surface area contributed by atoms with Crippen LogP contribution in [-0.2, 0) is 11.8 Å². The van der Waals surface area contributed by atoms with E-state index in [9.17, 15) is 4.79 Å². The molecule has 0 bridgehead atoms. The zero-order chi connectivity index (χ0) is 18.5. The van der Waals surface area contributed by atoms with Crippen LogP contribution in [0.2, 0.25) is 0 Å². The van der Waals surface area contributed by atoms with Crippen molar-refractivity contribution in [3.05, 3.63) is 48.4 Å². The Kier molecular flexibility index (Phi) is 5.88. The predicted octanol–water partition coefficient (Wildman–Crippen LogP) is 3.36. The summed E-state index contributed by atoms with van der Waals surface area (Å²) in [5, 5.41) is 9.01. The van der Waals surface area contributed by atoms with Gasteiger partial charge in [0.2, 0.25) is 5.91 Å². The molecule has 0 saturated heterocycles. The maximum Gasteiger partial charge on any atom is 0.230 e. The Morgan fingerprint density at radius 1 is 1.23 bits per heavy atom. The van der Waals surface area contributed by atoms with E-state index in [1.807, 2.05) is 25.2 Å². The maximum absolute atomic E-state index is 12.5. The number of fused-ring (bicyclic) bond motifs is 1. The Bertz CT molecular complexity index is 878. The Balaban J connectivity index is 1.66. The number of nitrogens with one attached hydrogen (secondary N) is 1. The highest BCUT2D eigenvalue weighted by atomic mass is 32.2. The van der Waals surface area contributed by atoms with Gasteiger partial charge in [0, 0.05) is 7.05 Å². The highest BCUT2D eigenvalue weighted by Gasteiger charge is 2.17. The fraction of sp³-hybridized carbons (Fsp3) is 0.368. The Labute approximate surface area is 157 Å². The summed E-state index contributed by atoms with van der Waals surface area (Å²) in [5.41, 5.74) is 1.90. The summed E-state index contributed by atoms with van der Waals surface area (Å²) in [7, 11) is 1.84. The normalized spacial score (nSPS) is 12.5. The number of rotatable bonds is 7. The number of carbonyl (C=O) groups is 1. The molecule has 6 nitrogen and oxygen atoms in total. The SMILES string of the molecule is CC(C)CC(NC(=O)CSc1ncnc2c1cnn2C)c1ccccc1. The van der Waals surface area contributed by atoms with Crippen molar-refractivity contribution in [1.29, 1.82) is 0 Å². The highest BCUT2D eigenvalue weighted by molar-refractivity contribution is 8.00. The van der Waals surface area contributed by atoms with E-state index in [0.717, 1.165) is 28.0 Å². The lowest BCUT2D eigenvalue weighted by molar-refractivity contribution is -0.119. The molecule has 0 saturated carbocycles. The van der Waals surface area contributed by atoms with Crippen LogP contribution in [0.5, 0.6) is 0 Å². The minimum Gasteiger partial charge on any atom is -0.349 e. The van der Waals surface area contributed by atoms with Crippen LogP contribution in [0.3, 0.4) is 0 Å². The molecule has 0 spiro atoms. The first-order valence-electron chi connectivity index (χ1n) is 8.64. The van der Waals surface area contributed by atoms with E-state index in [1.54, 1.807) is 10.9 Å². The lowest BCUT2D eigenvalue weighted by atomic mass is 9.97. The van der Waals surface area contributed by atoms with Gasteiger partial charge in [-0.05, 0) is 17.9 Å². The Morgan fingerprint density at radius 2 is 2.00 bits per heavy atom. The molecule has 1 unspecified atom stereocenters. The van der Waals surface area contributed by atoms with Crippen molar-refractivity contribution in [1.82, 2.24) is 25.1 Å². The standard InChI is InChI=1S/C19H23N5OS/c1-13(2)9-16(14-7-5-4-6-8-14)23-17(25)11-26-19-15-10-22-24(3)18(15)20-12-21-19/h4-8,10,12-13,16H,9,11H2,1-3H3,(H,23,25). The number of benzene rings is 1. The van der Waals surface area contributed by atoms with E-state index in [0.29, 0.717) is 11.7 Å². The number of aryl methyl sites for hydroxylation is 1. The average molecular weight is 369 g/mol. The summed E-state index contributed by atoms with van der Waals surface area (Å²) in [4.78, 5) is 21.0. The second-order valence-corrected chi connectivity index (χ2v) is 7.60. The fourth-order valence-corrected chi connectivity index (χ4v) is 3.63. The molecular formula is C19H23N5OS. The van der Waals surface area contributed by atoms with E-state index in [1.165, 1.54) is 18.1 Å². The van der Waals surface area contributed by atoms with Crippen LogP contribution < -0.4 is 5.32 Å². The molecule has 1 N–H and O–H groups in total. The molecule has 2 heterocycles. The van der Waals surface area contributed by atoms with Gasteiger partial charge in [-0.2, -0.15) is 5.10 Å². The summed E-state index contributed by atoms with van der Waals surface area (Å²) in [6, 6.07) is 10.1. The van der Waals surface area contributed by atoms with Crippen LogP contribution in [0.25, 0.3) is 11.0 Å². The molecule has 0 aliphatic carbocycles. The van der Waals surface area contributed by atoms with E-state index >= 15 is 0 Å². The van der Waals surface area contributed by atoms with Gasteiger partial charge in [0.25, 0.3) is 0 Å². The highest BCUT2D eigenvalue weighted by Crippen LogP contribution is 2.25. The van der Waals surface area contributed by atoms with Crippen molar-refractivity contribution in [2.24, 2.45) is 13.0 Å². The van der Waals surface area contributed by atoms with Crippen molar-refractivity contribution in [2.75, 3.05) is 5.75 Å². The molecule has 136 valence electrons. The number of carbonyl (C=O) groups excluding carboxylic acids is 1. The summed E-state index contributed by atoms with van der Waals surface area (Å²) in [6.07, 6.45) is 4.15. The van der Waals surface area contributed by atoms with Crippen molar-refractivity contribution >= 4 is 28.7 Å². The molecule has 26 heavy (non-hydrogen) atoms. The molecule has 0 radical (unpaired) electrons. The van der Waals surface area contributed by atoms with Crippen LogP contribution in [0, 0.1) is 5.92 Å². The van der Waals surface area contributed by atoms with E-state index in [4.69, 9.17) is 0 Å². The first kappa shape index (κ1) is 18.4. The molecule has 1 amide bonds. The summed E-state index contributed by atoms with van der Waals surface area (Å²) >= 11 is 1.41. The average Bonchev–Trinajstić information content (AvgIpc) is 3.02. The van der Waals surface area contributed by atoms with Crippen molar-refractivity contribution < 1.29 is 4.79 Å². The second-order valence-electron chi connectivity index (χ2n) is 6.63. The molecular weight excluding hydrogens is 346 g/mol. The van der Waals surface area contributed by atoms with Gasteiger partial charge in [0.15, 0.2) is 5.65 Å². The first-order chi connectivity index (χ1) is 12.5. The molecule has 2 aromatic heterocycles. The fourth-order valence-electron chi connectivity index (χ4n) is 2.86. The molecule has 1 atom stereocenters. The summed E-state index contributed by atoms with van der Waals surface area (Å²) in [6.45, 7) is 4.33. The Morgan fingerprint density at radius 3 is 2.73 bits per heavy atom. The number of thioether (sulfide) groups is 1. The van der Waals surface area contributed by atoms with Crippen LogP contribution >= 0.6 is 11.8 Å². The quantitative estimate of drug-likeness (QED) is 0.511. The van der Waals surface area contributed by atoms with Crippen molar-refractivity contribution in [2.45, 2.75) is 31.3 Å². The first-order valence-corrected chi connectivity index (χ1v) is 9.63. The molecule has 7 heteroatoms. The number of aromatic nitrogens is 4. The van der Waals surface area contributed by atoms with Gasteiger partial charge in [-0.1, -0.05) is 55.9 Å². The van der Waals surface area contributed by atoms with E-state index in [2.05, 4.69) is 46.4 Å². The number of hydrogen-bond donors (Lipinski definition) is 1. The van der Waals surface area contributed by atoms with Gasteiger partial charge in [-0.3, -0.25) is 9.48 Å². The van der Waals surface area contributed by atoms with Gasteiger partial charge >= 0.3 is 0 Å². The van der Waals surface area contributed by atoms with Crippen LogP contribution in [-0.4, -0.2) is 31.4 Å². The minimum absolute atomic E-state index is 0.000144. The van der Waals surface area contributed by atoms with E-state index < -0.39 is 0 Å². The van der Waals surface area contributed by atoms with Crippen LogP contribution in [0.1, 0.15) is 31.9 Å². The smallest absolute Gasteiger partial charge is 0.230 e. The number of nitrogens with zero attached hydrogens (tertiary/aromatic N) is 4. The number of hydrogen-bond acceptors (Lipinski definition) is 5. The third-order valence-electron chi connectivity index (χ3n) is 4.08. The molecule has 0 fully saturated rings. The van der Waals surface area contributed by atoms with Gasteiger partial charge in [-0.15, -0.1) is 0 Å². The zero-order valence-corrected chi connectivity index (χ0v) is 16.0. The lowest BCUT2D eigenvalue weighted by Crippen LogP contribution is -2.30. The molecule has 1 aromatic carbocycles. The largest absolute Gasteiger partial charge is 0.349 e. The molecule has 0 aliphatic heterocycles. The summed E-state index contributed by atoms with van der Waals surface area (Å²) < 4.78 is 1.70. The van der Waals surface area contributed by atoms with Crippen molar-refractivity contribution in [3.63, 3.8) is 0 Å². The lowest BCUT2D eigenvalue weighted by Gasteiger charge is -2.21. The van der Waals surface area contributed by atoms with Gasteiger partial charge < -0.3 is 5.32 Å². The number of amides is 1. The zero-order valence-electron chi connectivity index (χ0n) is 15.2. The topological polar surface area (TPSA) is 72.7 Å². The predicted molar refractivity (Wildman–Crippen MR) is 104 cm³/mol. The summed E-state index contributed by atoms with van der Waals surface area (Å²) in [5.74, 6) is 0.799. The second kappa shape index (κ2) is 8.31. The van der Waals surface area contributed by atoms with Gasteiger partial charge in [-0.25, -0.2) is 9.97 Å². The molecule has 0 aliphatic rings. The monoisotopic (exact) mass is 369 g/mol. The molecule has 3 aromatic rings. The third-order valence-corrected chi connectivity index (χ3v) is 5.08. The van der Waals surface area contributed by atoms with Gasteiger partial charge in [0.05, 0.1) is 23.4 Å². The minimum atomic E-state index is 0.000144. The van der Waals surface area contributed by atoms with Crippen LogP contribution in [0.15, 0.2) is 47.9 Å². The third kappa shape index (κ3) is 4.40.